The molecule has 0 radical (unpaired) electrons. The zero-order valence-corrected chi connectivity index (χ0v) is 19.3. The van der Waals surface area contributed by atoms with Crippen molar-refractivity contribution in [1.29, 1.82) is 0 Å². The first-order chi connectivity index (χ1) is 15.0. The molecule has 2 aliphatic carbocycles. The number of unbranched alkanes of at least 4 members (excludes halogenated alkanes) is 1. The van der Waals surface area contributed by atoms with Crippen LogP contribution < -0.4 is 0 Å². The van der Waals surface area contributed by atoms with Gasteiger partial charge in [0.25, 0.3) is 0 Å². The molecule has 2 N–H and O–H groups in total. The molecular formula is C25H37ClO5. The lowest BCUT2D eigenvalue weighted by molar-refractivity contribution is -0.145. The van der Waals surface area contributed by atoms with Crippen molar-refractivity contribution in [1.82, 2.24) is 0 Å². The van der Waals surface area contributed by atoms with Crippen LogP contribution in [0.2, 0.25) is 0 Å². The highest BCUT2D eigenvalue weighted by Crippen LogP contribution is 2.45. The Kier molecular flexibility index (Phi) is 9.64. The predicted molar refractivity (Wildman–Crippen MR) is 121 cm³/mol. The first-order valence-electron chi connectivity index (χ1n) is 11.8. The highest BCUT2D eigenvalue weighted by molar-refractivity contribution is 6.21. The van der Waals surface area contributed by atoms with Crippen molar-refractivity contribution in [2.24, 2.45) is 11.8 Å². The average molecular weight is 453 g/mol. The molecule has 6 heteroatoms. The summed E-state index contributed by atoms with van der Waals surface area (Å²) in [5.74, 6) is 0.209. The molecule has 1 aromatic rings. The summed E-state index contributed by atoms with van der Waals surface area (Å²) in [4.78, 5) is 11.1. The van der Waals surface area contributed by atoms with Gasteiger partial charge in [-0.3, -0.25) is 0 Å². The van der Waals surface area contributed by atoms with E-state index in [0.717, 1.165) is 43.2 Å². The highest BCUT2D eigenvalue weighted by atomic mass is 35.5. The van der Waals surface area contributed by atoms with E-state index < -0.39 is 12.2 Å². The second-order valence-corrected chi connectivity index (χ2v) is 9.70. The van der Waals surface area contributed by atoms with E-state index in [2.05, 4.69) is 16.9 Å². The number of aliphatic hydroxyl groups excluding tert-OH is 2. The second kappa shape index (κ2) is 12.2. The number of benzene rings is 1. The molecule has 1 aromatic carbocycles. The van der Waals surface area contributed by atoms with Gasteiger partial charge in [-0.25, -0.2) is 4.79 Å². The normalized spacial score (nSPS) is 27.9. The van der Waals surface area contributed by atoms with Crippen LogP contribution in [0.5, 0.6) is 0 Å². The van der Waals surface area contributed by atoms with Gasteiger partial charge in [0.2, 0.25) is 0 Å². The summed E-state index contributed by atoms with van der Waals surface area (Å²) < 4.78 is 9.87. The fraction of sp³-hybridized carbons (Fsp3) is 0.720. The maximum atomic E-state index is 11.1. The molecule has 0 heterocycles. The van der Waals surface area contributed by atoms with E-state index in [9.17, 15) is 15.0 Å². The molecule has 174 valence electrons. The Bertz CT molecular complexity index is 673. The quantitative estimate of drug-likeness (QED) is 0.305. The van der Waals surface area contributed by atoms with Crippen molar-refractivity contribution in [2.75, 3.05) is 20.3 Å². The molecule has 1 unspecified atom stereocenters. The van der Waals surface area contributed by atoms with Gasteiger partial charge in [-0.2, -0.15) is 0 Å². The van der Waals surface area contributed by atoms with Gasteiger partial charge in [-0.1, -0.05) is 49.9 Å². The van der Waals surface area contributed by atoms with Gasteiger partial charge in [-0.15, -0.1) is 11.6 Å². The largest absolute Gasteiger partial charge is 0.467 e. The monoisotopic (exact) mass is 452 g/mol. The zero-order valence-electron chi connectivity index (χ0n) is 18.5. The fourth-order valence-electron chi connectivity index (χ4n) is 5.33. The van der Waals surface area contributed by atoms with Gasteiger partial charge in [-0.05, 0) is 55.1 Å². The number of aliphatic hydroxyl groups is 2. The number of carbonyl (C=O) groups is 1. The first kappa shape index (κ1) is 24.5. The number of carbonyl (C=O) groups excluding carboxylic acids is 1. The molecule has 2 fully saturated rings. The number of ether oxygens (including phenoxy) is 2. The van der Waals surface area contributed by atoms with Gasteiger partial charge in [0.1, 0.15) is 6.61 Å². The average Bonchev–Trinajstić information content (AvgIpc) is 3.08. The van der Waals surface area contributed by atoms with Crippen LogP contribution in [0, 0.1) is 11.8 Å². The zero-order chi connectivity index (χ0) is 22.2. The van der Waals surface area contributed by atoms with E-state index in [1.165, 1.54) is 26.4 Å². The third-order valence-electron chi connectivity index (χ3n) is 7.09. The molecule has 0 spiro atoms. The summed E-state index contributed by atoms with van der Waals surface area (Å²) in [5, 5.41) is 21.4. The standard InChI is InChI=1S/C25H37ClO5/c1-30-23(28)16-31-14-6-5-9-20-21(26)15-22(27)24(20)17-10-12-19(13-11-17)25(29)18-7-3-2-4-8-18/h10-13,18,20-22,24-25,27,29H,2-9,14-16H2,1H3/t20-,21+,22+,24+,25?/m0/s1. The van der Waals surface area contributed by atoms with E-state index in [4.69, 9.17) is 16.3 Å². The van der Waals surface area contributed by atoms with Gasteiger partial charge < -0.3 is 19.7 Å². The van der Waals surface area contributed by atoms with Crippen molar-refractivity contribution in [2.45, 2.75) is 81.3 Å². The predicted octanol–water partition coefficient (Wildman–Crippen LogP) is 4.73. The van der Waals surface area contributed by atoms with Crippen molar-refractivity contribution >= 4 is 17.6 Å². The van der Waals surface area contributed by atoms with Crippen LogP contribution in [0.15, 0.2) is 24.3 Å². The second-order valence-electron chi connectivity index (χ2n) is 9.14. The van der Waals surface area contributed by atoms with Crippen molar-refractivity contribution < 1.29 is 24.5 Å². The van der Waals surface area contributed by atoms with Crippen LogP contribution in [0.4, 0.5) is 0 Å². The summed E-state index contributed by atoms with van der Waals surface area (Å²) in [6.45, 7) is 0.494. The lowest BCUT2D eigenvalue weighted by Gasteiger charge is -2.28. The van der Waals surface area contributed by atoms with Crippen LogP contribution in [0.3, 0.4) is 0 Å². The van der Waals surface area contributed by atoms with E-state index in [1.54, 1.807) is 0 Å². The van der Waals surface area contributed by atoms with Crippen LogP contribution in [0.25, 0.3) is 0 Å². The lowest BCUT2D eigenvalue weighted by Crippen LogP contribution is -2.20. The van der Waals surface area contributed by atoms with Gasteiger partial charge in [0, 0.05) is 17.9 Å². The minimum Gasteiger partial charge on any atom is -0.467 e. The number of alkyl halides is 1. The van der Waals surface area contributed by atoms with E-state index in [1.807, 2.05) is 12.1 Å². The number of halogens is 1. The summed E-state index contributed by atoms with van der Waals surface area (Å²) >= 11 is 6.61. The molecule has 0 bridgehead atoms. The van der Waals surface area contributed by atoms with Gasteiger partial charge in [0.05, 0.1) is 19.3 Å². The summed E-state index contributed by atoms with van der Waals surface area (Å²) in [6.07, 6.45) is 8.32. The summed E-state index contributed by atoms with van der Waals surface area (Å²) in [5.41, 5.74) is 2.08. The van der Waals surface area contributed by atoms with Crippen LogP contribution >= 0.6 is 11.6 Å². The maximum absolute atomic E-state index is 11.1. The molecule has 2 aliphatic rings. The topological polar surface area (TPSA) is 76.0 Å². The molecule has 5 nitrogen and oxygen atoms in total. The molecule has 0 aliphatic heterocycles. The summed E-state index contributed by atoms with van der Waals surface area (Å²) in [7, 11) is 1.35. The van der Waals surface area contributed by atoms with Crippen LogP contribution in [-0.2, 0) is 14.3 Å². The van der Waals surface area contributed by atoms with Gasteiger partial charge >= 0.3 is 5.97 Å². The number of esters is 1. The van der Waals surface area contributed by atoms with E-state index >= 15 is 0 Å². The van der Waals surface area contributed by atoms with Crippen molar-refractivity contribution in [3.8, 4) is 0 Å². The number of rotatable bonds is 10. The smallest absolute Gasteiger partial charge is 0.331 e. The molecule has 3 rings (SSSR count). The Hall–Kier alpha value is -1.14. The minimum absolute atomic E-state index is 0.0133. The number of hydrogen-bond donors (Lipinski definition) is 2. The highest BCUT2D eigenvalue weighted by Gasteiger charge is 2.42. The van der Waals surface area contributed by atoms with E-state index in [-0.39, 0.29) is 29.8 Å². The molecule has 0 amide bonds. The minimum atomic E-state index is -0.447. The van der Waals surface area contributed by atoms with Crippen LogP contribution in [0.1, 0.15) is 80.9 Å². The molecule has 31 heavy (non-hydrogen) atoms. The fourth-order valence-corrected chi connectivity index (χ4v) is 5.79. The summed E-state index contributed by atoms with van der Waals surface area (Å²) in [6, 6.07) is 8.19. The SMILES string of the molecule is COC(=O)COCCCC[C@@H]1[C@@H](c2ccc(C(O)C3CCCCC3)cc2)[C@H](O)C[C@H]1Cl. The molecule has 0 aromatic heterocycles. The van der Waals surface area contributed by atoms with Crippen molar-refractivity contribution in [3.63, 3.8) is 0 Å². The van der Waals surface area contributed by atoms with Crippen molar-refractivity contribution in [3.05, 3.63) is 35.4 Å². The van der Waals surface area contributed by atoms with Crippen LogP contribution in [-0.4, -0.2) is 48.0 Å². The molecular weight excluding hydrogens is 416 g/mol. The lowest BCUT2D eigenvalue weighted by atomic mass is 9.81. The number of methoxy groups -OCH3 is 1. The number of hydrogen-bond acceptors (Lipinski definition) is 5. The molecule has 0 saturated heterocycles. The Morgan fingerprint density at radius 2 is 1.87 bits per heavy atom. The molecule has 2 saturated carbocycles. The third-order valence-corrected chi connectivity index (χ3v) is 7.59. The Morgan fingerprint density at radius 3 is 2.55 bits per heavy atom. The first-order valence-corrected chi connectivity index (χ1v) is 12.2. The molecule has 5 atom stereocenters. The Balaban J connectivity index is 1.54. The Labute approximate surface area is 191 Å². The van der Waals surface area contributed by atoms with Gasteiger partial charge in [0.15, 0.2) is 0 Å². The maximum Gasteiger partial charge on any atom is 0.331 e. The Morgan fingerprint density at radius 1 is 1.16 bits per heavy atom. The van der Waals surface area contributed by atoms with E-state index in [0.29, 0.717) is 18.9 Å². The third kappa shape index (κ3) is 6.67.